The molecule has 0 aromatic carbocycles. The molecule has 0 fully saturated rings. The summed E-state index contributed by atoms with van der Waals surface area (Å²) in [5, 5.41) is 0.811. The van der Waals surface area contributed by atoms with Crippen molar-refractivity contribution in [1.82, 2.24) is 19.9 Å². The minimum Gasteiger partial charge on any atom is -0.479 e. The van der Waals surface area contributed by atoms with Crippen molar-refractivity contribution >= 4 is 10.9 Å². The Hall–Kier alpha value is -2.76. The summed E-state index contributed by atoms with van der Waals surface area (Å²) < 4.78 is 11.3. The summed E-state index contributed by atoms with van der Waals surface area (Å²) in [6, 6.07) is 3.82. The third-order valence-corrected chi connectivity index (χ3v) is 3.78. The predicted molar refractivity (Wildman–Crippen MR) is 85.9 cm³/mol. The van der Waals surface area contributed by atoms with Gasteiger partial charge in [-0.2, -0.15) is 4.98 Å². The molecule has 0 bridgehead atoms. The molecule has 23 heavy (non-hydrogen) atoms. The molecule has 0 spiro atoms. The van der Waals surface area contributed by atoms with Crippen molar-refractivity contribution < 1.29 is 9.47 Å². The van der Waals surface area contributed by atoms with Crippen LogP contribution in [0.4, 0.5) is 0 Å². The van der Waals surface area contributed by atoms with Gasteiger partial charge in [0.2, 0.25) is 17.6 Å². The number of pyridine rings is 2. The van der Waals surface area contributed by atoms with Gasteiger partial charge >= 0.3 is 0 Å². The lowest BCUT2D eigenvalue weighted by Crippen LogP contribution is -2.17. The summed E-state index contributed by atoms with van der Waals surface area (Å²) in [4.78, 5) is 18.0. The molecular formula is C17H16N4O2. The van der Waals surface area contributed by atoms with Crippen LogP contribution >= 0.6 is 0 Å². The van der Waals surface area contributed by atoms with Crippen LogP contribution in [-0.4, -0.2) is 27.0 Å². The van der Waals surface area contributed by atoms with Crippen LogP contribution in [0, 0.1) is 0 Å². The van der Waals surface area contributed by atoms with Gasteiger partial charge in [0.05, 0.1) is 12.5 Å². The summed E-state index contributed by atoms with van der Waals surface area (Å²) >= 11 is 0. The molecule has 0 aliphatic carbocycles. The standard InChI is InChI=1S/C17H16N4O2/c1-17(2,3)16-20-12-11-10(8-19-15(12)22-4)9-6-5-7-18-13(9)23-14(11)21-16/h5-8H,1-4H3. The number of methoxy groups -OCH3 is 1. The van der Waals surface area contributed by atoms with Gasteiger partial charge in [0, 0.05) is 28.9 Å². The monoisotopic (exact) mass is 308 g/mol. The van der Waals surface area contributed by atoms with Crippen molar-refractivity contribution in [3.05, 3.63) is 30.4 Å². The number of ether oxygens (including phenoxy) is 2. The van der Waals surface area contributed by atoms with Crippen molar-refractivity contribution in [2.45, 2.75) is 26.2 Å². The van der Waals surface area contributed by atoms with Crippen molar-refractivity contribution in [2.24, 2.45) is 0 Å². The van der Waals surface area contributed by atoms with E-state index in [1.165, 1.54) is 0 Å². The second kappa shape index (κ2) is 4.62. The summed E-state index contributed by atoms with van der Waals surface area (Å²) in [7, 11) is 1.59. The van der Waals surface area contributed by atoms with E-state index in [-0.39, 0.29) is 5.41 Å². The fraction of sp³-hybridized carbons (Fsp3) is 0.294. The first-order chi connectivity index (χ1) is 11.0. The number of rotatable bonds is 1. The SMILES string of the molecule is COc1ncc2c3c(nc(C(C)(C)C)nc13)Oc1ncccc1-2. The number of hydrogen-bond donors (Lipinski definition) is 0. The summed E-state index contributed by atoms with van der Waals surface area (Å²) in [5.41, 5.74) is 2.23. The number of aromatic nitrogens is 4. The number of hydrogen-bond acceptors (Lipinski definition) is 6. The number of nitrogens with zero attached hydrogens (tertiary/aromatic N) is 4. The average Bonchev–Trinajstić information content (AvgIpc) is 2.54. The van der Waals surface area contributed by atoms with Gasteiger partial charge in [-0.25, -0.2) is 15.0 Å². The second-order valence-electron chi connectivity index (χ2n) is 6.47. The smallest absolute Gasteiger partial charge is 0.240 e. The van der Waals surface area contributed by atoms with Crippen LogP contribution in [0.25, 0.3) is 22.0 Å². The lowest BCUT2D eigenvalue weighted by Gasteiger charge is -2.23. The summed E-state index contributed by atoms with van der Waals surface area (Å²) in [5.74, 6) is 2.18. The van der Waals surface area contributed by atoms with Crippen molar-refractivity contribution in [1.29, 1.82) is 0 Å². The van der Waals surface area contributed by atoms with E-state index < -0.39 is 0 Å². The number of fused-ring (bicyclic) bond motifs is 2. The third kappa shape index (κ3) is 2.02. The topological polar surface area (TPSA) is 70.0 Å². The van der Waals surface area contributed by atoms with Gasteiger partial charge in [0.1, 0.15) is 11.3 Å². The van der Waals surface area contributed by atoms with Crippen molar-refractivity contribution in [2.75, 3.05) is 7.11 Å². The predicted octanol–water partition coefficient (Wildman–Crippen LogP) is 3.50. The van der Waals surface area contributed by atoms with E-state index in [2.05, 4.69) is 35.7 Å². The average molecular weight is 308 g/mol. The lowest BCUT2D eigenvalue weighted by molar-refractivity contribution is 0.399. The van der Waals surface area contributed by atoms with Gasteiger partial charge in [0.15, 0.2) is 0 Å². The van der Waals surface area contributed by atoms with E-state index in [9.17, 15) is 0 Å². The summed E-state index contributed by atoms with van der Waals surface area (Å²) in [6.07, 6.45) is 3.46. The van der Waals surface area contributed by atoms with Crippen LogP contribution in [0.3, 0.4) is 0 Å². The van der Waals surface area contributed by atoms with Gasteiger partial charge in [-0.15, -0.1) is 0 Å². The maximum Gasteiger partial charge on any atom is 0.240 e. The molecule has 4 heterocycles. The first-order valence-corrected chi connectivity index (χ1v) is 7.37. The van der Waals surface area contributed by atoms with E-state index in [1.54, 1.807) is 19.5 Å². The van der Waals surface area contributed by atoms with Crippen LogP contribution in [-0.2, 0) is 5.41 Å². The van der Waals surface area contributed by atoms with Crippen LogP contribution in [0.5, 0.6) is 17.6 Å². The van der Waals surface area contributed by atoms with Crippen molar-refractivity contribution in [3.8, 4) is 28.8 Å². The minimum absolute atomic E-state index is 0.223. The highest BCUT2D eigenvalue weighted by atomic mass is 16.5. The molecule has 0 unspecified atom stereocenters. The van der Waals surface area contributed by atoms with E-state index in [0.29, 0.717) is 29.0 Å². The molecule has 3 aromatic heterocycles. The Morgan fingerprint density at radius 1 is 1.04 bits per heavy atom. The molecule has 6 heteroatoms. The highest BCUT2D eigenvalue weighted by molar-refractivity contribution is 6.02. The zero-order valence-corrected chi connectivity index (χ0v) is 13.4. The molecule has 4 rings (SSSR count). The van der Waals surface area contributed by atoms with Gasteiger partial charge < -0.3 is 9.47 Å². The van der Waals surface area contributed by atoms with Crippen LogP contribution in [0.15, 0.2) is 24.5 Å². The first-order valence-electron chi connectivity index (χ1n) is 7.37. The van der Waals surface area contributed by atoms with Crippen LogP contribution in [0.2, 0.25) is 0 Å². The maximum atomic E-state index is 5.94. The molecule has 0 radical (unpaired) electrons. The second-order valence-corrected chi connectivity index (χ2v) is 6.47. The zero-order valence-electron chi connectivity index (χ0n) is 13.4. The maximum absolute atomic E-state index is 5.94. The van der Waals surface area contributed by atoms with Gasteiger partial charge in [-0.1, -0.05) is 20.8 Å². The highest BCUT2D eigenvalue weighted by Gasteiger charge is 2.28. The molecule has 3 aromatic rings. The third-order valence-electron chi connectivity index (χ3n) is 3.78. The molecule has 0 saturated heterocycles. The highest BCUT2D eigenvalue weighted by Crippen LogP contribution is 2.45. The fourth-order valence-corrected chi connectivity index (χ4v) is 2.62. The fourth-order valence-electron chi connectivity index (χ4n) is 2.62. The quantitative estimate of drug-likeness (QED) is 0.536. The van der Waals surface area contributed by atoms with Crippen LogP contribution in [0.1, 0.15) is 26.6 Å². The molecule has 0 N–H and O–H groups in total. The Kier molecular flexibility index (Phi) is 2.78. The minimum atomic E-state index is -0.223. The molecule has 0 atom stereocenters. The molecule has 0 amide bonds. The van der Waals surface area contributed by atoms with Gasteiger partial charge in [-0.05, 0) is 12.1 Å². The summed E-state index contributed by atoms with van der Waals surface area (Å²) in [6.45, 7) is 6.17. The van der Waals surface area contributed by atoms with E-state index >= 15 is 0 Å². The molecule has 1 aliphatic rings. The van der Waals surface area contributed by atoms with Gasteiger partial charge in [0.25, 0.3) is 0 Å². The Morgan fingerprint density at radius 2 is 1.87 bits per heavy atom. The molecule has 0 saturated carbocycles. The first kappa shape index (κ1) is 13.9. The van der Waals surface area contributed by atoms with E-state index in [0.717, 1.165) is 16.5 Å². The van der Waals surface area contributed by atoms with Gasteiger partial charge in [-0.3, -0.25) is 0 Å². The Bertz CT molecular complexity index is 932. The Morgan fingerprint density at radius 3 is 2.61 bits per heavy atom. The largest absolute Gasteiger partial charge is 0.479 e. The van der Waals surface area contributed by atoms with Crippen molar-refractivity contribution in [3.63, 3.8) is 0 Å². The Labute approximate surface area is 133 Å². The van der Waals surface area contributed by atoms with Crippen LogP contribution < -0.4 is 9.47 Å². The molecular weight excluding hydrogens is 292 g/mol. The van der Waals surface area contributed by atoms with E-state index in [1.807, 2.05) is 12.1 Å². The normalized spacial score (nSPS) is 12.7. The molecule has 6 nitrogen and oxygen atoms in total. The van der Waals surface area contributed by atoms with E-state index in [4.69, 9.17) is 14.5 Å². The lowest BCUT2D eigenvalue weighted by atomic mass is 9.95. The molecule has 1 aliphatic heterocycles. The Balaban J connectivity index is 2.13. The molecule has 116 valence electrons. The zero-order chi connectivity index (χ0) is 16.2.